The van der Waals surface area contributed by atoms with Crippen LogP contribution in [0.1, 0.15) is 29.0 Å². The Hall–Kier alpha value is -3.11. The van der Waals surface area contributed by atoms with Crippen LogP contribution in [-0.2, 0) is 14.6 Å². The van der Waals surface area contributed by atoms with Gasteiger partial charge in [0.05, 0.1) is 4.90 Å². The third-order valence-corrected chi connectivity index (χ3v) is 6.21. The summed E-state index contributed by atoms with van der Waals surface area (Å²) in [5.41, 5.74) is 2.90. The average Bonchev–Trinajstić information content (AvgIpc) is 3.16. The maximum atomic E-state index is 12.7. The number of nitrogens with zero attached hydrogens (tertiary/aromatic N) is 3. The maximum absolute atomic E-state index is 12.7. The fraction of sp³-hybridized carbons (Fsp3) is 0.333. The zero-order chi connectivity index (χ0) is 22.0. The number of aromatic amines is 1. The second-order valence-electron chi connectivity index (χ2n) is 7.53. The van der Waals surface area contributed by atoms with Crippen molar-refractivity contribution in [3.63, 3.8) is 0 Å². The molecule has 162 valence electrons. The average molecular weight is 442 g/mol. The number of nitrogens with one attached hydrogen (secondary N) is 2. The van der Waals surface area contributed by atoms with E-state index < -0.39 is 9.84 Å². The number of carbonyl (C=O) groups excluding carboxylic acids is 1. The fourth-order valence-electron chi connectivity index (χ4n) is 3.42. The Morgan fingerprint density at radius 1 is 1.19 bits per heavy atom. The number of H-pyrrole nitrogens is 1. The molecule has 0 unspecified atom stereocenters. The molecule has 0 saturated carbocycles. The van der Waals surface area contributed by atoms with Gasteiger partial charge in [0.25, 0.3) is 5.91 Å². The molecule has 4 heterocycles. The lowest BCUT2D eigenvalue weighted by Crippen LogP contribution is -2.39. The Balaban J connectivity index is 1.60. The van der Waals surface area contributed by atoms with Gasteiger partial charge in [-0.2, -0.15) is 0 Å². The van der Waals surface area contributed by atoms with Crippen molar-refractivity contribution in [1.82, 2.24) is 25.3 Å². The number of ether oxygens (including phenoxy) is 1. The molecule has 0 aliphatic carbocycles. The van der Waals surface area contributed by atoms with Crippen molar-refractivity contribution in [2.75, 3.05) is 19.5 Å². The van der Waals surface area contributed by atoms with Crippen LogP contribution in [-0.4, -0.2) is 59.8 Å². The summed E-state index contributed by atoms with van der Waals surface area (Å²) < 4.78 is 29.0. The van der Waals surface area contributed by atoms with Crippen LogP contribution < -0.4 is 5.32 Å². The van der Waals surface area contributed by atoms with E-state index >= 15 is 0 Å². The second-order valence-corrected chi connectivity index (χ2v) is 9.55. The lowest BCUT2D eigenvalue weighted by molar-refractivity contribution is 0.0694. The summed E-state index contributed by atoms with van der Waals surface area (Å²) in [4.78, 5) is 28.8. The third kappa shape index (κ3) is 4.80. The summed E-state index contributed by atoms with van der Waals surface area (Å²) in [5.74, 6) is 0.233. The molecule has 1 saturated heterocycles. The third-order valence-electron chi connectivity index (χ3n) is 5.13. The molecule has 9 nitrogen and oxygen atoms in total. The molecule has 0 spiro atoms. The fourth-order valence-corrected chi connectivity index (χ4v) is 4.01. The first kappa shape index (κ1) is 21.1. The first-order valence-corrected chi connectivity index (χ1v) is 11.8. The van der Waals surface area contributed by atoms with Gasteiger partial charge in [0.15, 0.2) is 15.7 Å². The number of imidazole rings is 1. The van der Waals surface area contributed by atoms with Gasteiger partial charge in [0.1, 0.15) is 11.4 Å². The first-order chi connectivity index (χ1) is 14.8. The molecule has 4 rings (SSSR count). The zero-order valence-electron chi connectivity index (χ0n) is 17.3. The van der Waals surface area contributed by atoms with Crippen LogP contribution in [0.2, 0.25) is 0 Å². The Labute approximate surface area is 180 Å². The van der Waals surface area contributed by atoms with Crippen LogP contribution in [0.15, 0.2) is 41.7 Å². The highest BCUT2D eigenvalue weighted by molar-refractivity contribution is 7.90. The van der Waals surface area contributed by atoms with Crippen molar-refractivity contribution >= 4 is 15.7 Å². The smallest absolute Gasteiger partial charge is 0.271 e. The van der Waals surface area contributed by atoms with E-state index in [2.05, 4.69) is 25.3 Å². The van der Waals surface area contributed by atoms with E-state index in [-0.39, 0.29) is 16.8 Å². The monoisotopic (exact) mass is 441 g/mol. The minimum Gasteiger partial charge on any atom is -0.381 e. The Kier molecular flexibility index (Phi) is 5.84. The number of amides is 1. The summed E-state index contributed by atoms with van der Waals surface area (Å²) in [7, 11) is -3.37. The summed E-state index contributed by atoms with van der Waals surface area (Å²) in [6, 6.07) is 5.20. The predicted molar refractivity (Wildman–Crippen MR) is 114 cm³/mol. The lowest BCUT2D eigenvalue weighted by Gasteiger charge is -2.22. The van der Waals surface area contributed by atoms with Gasteiger partial charge in [-0.3, -0.25) is 14.8 Å². The van der Waals surface area contributed by atoms with Gasteiger partial charge in [-0.25, -0.2) is 13.4 Å². The Morgan fingerprint density at radius 2 is 1.97 bits per heavy atom. The van der Waals surface area contributed by atoms with E-state index in [0.29, 0.717) is 41.7 Å². The number of aryl methyl sites for hydroxylation is 1. The number of pyridine rings is 2. The van der Waals surface area contributed by atoms with Gasteiger partial charge in [-0.05, 0) is 43.5 Å². The van der Waals surface area contributed by atoms with Crippen LogP contribution in [0.25, 0.3) is 22.6 Å². The molecule has 1 aliphatic rings. The Bertz CT molecular complexity index is 1220. The van der Waals surface area contributed by atoms with E-state index in [4.69, 9.17) is 4.74 Å². The molecule has 10 heteroatoms. The van der Waals surface area contributed by atoms with E-state index in [1.54, 1.807) is 37.5 Å². The summed E-state index contributed by atoms with van der Waals surface area (Å²) in [6.07, 6.45) is 7.23. The van der Waals surface area contributed by atoms with Crippen molar-refractivity contribution in [3.8, 4) is 22.6 Å². The molecule has 1 amide bonds. The van der Waals surface area contributed by atoms with E-state index in [1.807, 2.05) is 0 Å². The number of sulfone groups is 1. The molecule has 3 aromatic rings. The van der Waals surface area contributed by atoms with Crippen LogP contribution in [0, 0.1) is 6.92 Å². The number of hydrogen-bond donors (Lipinski definition) is 2. The predicted octanol–water partition coefficient (Wildman–Crippen LogP) is 2.15. The van der Waals surface area contributed by atoms with Gasteiger partial charge in [0.2, 0.25) is 0 Å². The van der Waals surface area contributed by atoms with Crippen molar-refractivity contribution in [3.05, 3.63) is 48.2 Å². The standard InChI is InChI=1S/C21H23N5O4S/c1-13-19(21(27)25-16-4-7-30-8-5-16)26-20(24-13)18-10-14(3-6-23-18)15-9-17(12-22-11-15)31(2,28)29/h3,6,9-12,16H,4-5,7-8H2,1-2H3,(H,24,26)(H,25,27). The zero-order valence-corrected chi connectivity index (χ0v) is 18.1. The molecule has 0 radical (unpaired) electrons. The van der Waals surface area contributed by atoms with Crippen LogP contribution >= 0.6 is 0 Å². The van der Waals surface area contributed by atoms with Crippen LogP contribution in [0.5, 0.6) is 0 Å². The highest BCUT2D eigenvalue weighted by Crippen LogP contribution is 2.25. The summed E-state index contributed by atoms with van der Waals surface area (Å²) >= 11 is 0. The van der Waals surface area contributed by atoms with Gasteiger partial charge < -0.3 is 15.0 Å². The Morgan fingerprint density at radius 3 is 2.71 bits per heavy atom. The van der Waals surface area contributed by atoms with E-state index in [0.717, 1.165) is 24.7 Å². The summed E-state index contributed by atoms with van der Waals surface area (Å²) in [6.45, 7) is 3.07. The van der Waals surface area contributed by atoms with Crippen LogP contribution in [0.3, 0.4) is 0 Å². The molecule has 0 bridgehead atoms. The minimum atomic E-state index is -3.37. The maximum Gasteiger partial charge on any atom is 0.271 e. The molecule has 0 atom stereocenters. The molecular weight excluding hydrogens is 418 g/mol. The van der Waals surface area contributed by atoms with Crippen molar-refractivity contribution in [1.29, 1.82) is 0 Å². The second kappa shape index (κ2) is 8.56. The first-order valence-electron chi connectivity index (χ1n) is 9.88. The highest BCUT2D eigenvalue weighted by Gasteiger charge is 2.21. The van der Waals surface area contributed by atoms with Gasteiger partial charge in [-0.1, -0.05) is 0 Å². The lowest BCUT2D eigenvalue weighted by atomic mass is 10.1. The van der Waals surface area contributed by atoms with Crippen molar-refractivity contribution in [2.24, 2.45) is 0 Å². The number of rotatable bonds is 5. The van der Waals surface area contributed by atoms with Crippen LogP contribution in [0.4, 0.5) is 0 Å². The molecule has 0 aromatic carbocycles. The number of hydrogen-bond acceptors (Lipinski definition) is 7. The van der Waals surface area contributed by atoms with E-state index in [1.165, 1.54) is 6.20 Å². The molecule has 1 fully saturated rings. The minimum absolute atomic E-state index is 0.0804. The molecule has 31 heavy (non-hydrogen) atoms. The molecule has 1 aliphatic heterocycles. The van der Waals surface area contributed by atoms with Gasteiger partial charge in [0, 0.05) is 55.4 Å². The van der Waals surface area contributed by atoms with Gasteiger partial charge in [-0.15, -0.1) is 0 Å². The normalized spacial score (nSPS) is 15.0. The summed E-state index contributed by atoms with van der Waals surface area (Å²) in [5, 5.41) is 3.01. The van der Waals surface area contributed by atoms with Gasteiger partial charge >= 0.3 is 0 Å². The van der Waals surface area contributed by atoms with Crippen molar-refractivity contribution in [2.45, 2.75) is 30.7 Å². The molecule has 3 aromatic heterocycles. The number of carbonyl (C=O) groups is 1. The quantitative estimate of drug-likeness (QED) is 0.621. The van der Waals surface area contributed by atoms with E-state index in [9.17, 15) is 13.2 Å². The topological polar surface area (TPSA) is 127 Å². The van der Waals surface area contributed by atoms with Crippen molar-refractivity contribution < 1.29 is 17.9 Å². The largest absolute Gasteiger partial charge is 0.381 e. The highest BCUT2D eigenvalue weighted by atomic mass is 32.2. The SMILES string of the molecule is Cc1[nH]c(-c2cc(-c3cncc(S(C)(=O)=O)c3)ccn2)nc1C(=O)NC1CCOCC1. The molecular formula is C21H23N5O4S. The number of aromatic nitrogens is 4. The molecule has 2 N–H and O–H groups in total.